The first kappa shape index (κ1) is 13.7. The summed E-state index contributed by atoms with van der Waals surface area (Å²) in [5, 5.41) is 9.67. The quantitative estimate of drug-likeness (QED) is 0.871. The fourth-order valence-corrected chi connectivity index (χ4v) is 2.63. The van der Waals surface area contributed by atoms with Gasteiger partial charge in [0.15, 0.2) is 0 Å². The molecule has 0 aliphatic carbocycles. The zero-order chi connectivity index (χ0) is 13.9. The maximum absolute atomic E-state index is 13.4. The van der Waals surface area contributed by atoms with Crippen molar-refractivity contribution in [3.05, 3.63) is 54.2 Å². The third kappa shape index (κ3) is 3.19. The molecule has 1 atom stereocenters. The van der Waals surface area contributed by atoms with Gasteiger partial charge in [-0.3, -0.25) is 0 Å². The van der Waals surface area contributed by atoms with Crippen LogP contribution in [0.5, 0.6) is 0 Å². The van der Waals surface area contributed by atoms with Crippen molar-refractivity contribution in [2.45, 2.75) is 11.0 Å². The third-order valence-corrected chi connectivity index (χ3v) is 3.92. The first-order valence-electron chi connectivity index (χ1n) is 5.46. The molecule has 0 aliphatic heterocycles. The molecular weight excluding hydrogens is 273 g/mol. The van der Waals surface area contributed by atoms with Gasteiger partial charge in [0, 0.05) is 6.54 Å². The SMILES string of the molecule is O=S(=O)(NCC(O)c1ccco1)c1ccccc1F. The Balaban J connectivity index is 2.09. The molecule has 2 rings (SSSR count). The van der Waals surface area contributed by atoms with Crippen LogP contribution in [0, 0.1) is 5.82 Å². The van der Waals surface area contributed by atoms with E-state index in [0.717, 1.165) is 12.1 Å². The van der Waals surface area contributed by atoms with Gasteiger partial charge in [-0.05, 0) is 24.3 Å². The van der Waals surface area contributed by atoms with Crippen molar-refractivity contribution in [2.24, 2.45) is 0 Å². The molecule has 2 aromatic rings. The largest absolute Gasteiger partial charge is 0.467 e. The third-order valence-electron chi connectivity index (χ3n) is 2.46. The van der Waals surface area contributed by atoms with Gasteiger partial charge in [-0.1, -0.05) is 12.1 Å². The maximum atomic E-state index is 13.4. The summed E-state index contributed by atoms with van der Waals surface area (Å²) >= 11 is 0. The molecule has 7 heteroatoms. The van der Waals surface area contributed by atoms with Crippen molar-refractivity contribution >= 4 is 10.0 Å². The van der Waals surface area contributed by atoms with Crippen LogP contribution in [-0.2, 0) is 10.0 Å². The highest BCUT2D eigenvalue weighted by molar-refractivity contribution is 7.89. The van der Waals surface area contributed by atoms with Crippen LogP contribution >= 0.6 is 0 Å². The summed E-state index contributed by atoms with van der Waals surface area (Å²) in [6.45, 7) is -0.301. The predicted octanol–water partition coefficient (Wildman–Crippen LogP) is 1.43. The lowest BCUT2D eigenvalue weighted by Gasteiger charge is -2.10. The van der Waals surface area contributed by atoms with Crippen LogP contribution in [0.2, 0.25) is 0 Å². The van der Waals surface area contributed by atoms with Gasteiger partial charge in [-0.15, -0.1) is 0 Å². The topological polar surface area (TPSA) is 79.5 Å². The van der Waals surface area contributed by atoms with E-state index in [9.17, 15) is 17.9 Å². The summed E-state index contributed by atoms with van der Waals surface area (Å²) in [5.41, 5.74) is 0. The van der Waals surface area contributed by atoms with Crippen LogP contribution in [0.1, 0.15) is 11.9 Å². The van der Waals surface area contributed by atoms with Crippen molar-refractivity contribution in [2.75, 3.05) is 6.54 Å². The molecule has 0 fully saturated rings. The Kier molecular flexibility index (Phi) is 3.98. The lowest BCUT2D eigenvalue weighted by atomic mass is 10.3. The Morgan fingerprint density at radius 3 is 2.63 bits per heavy atom. The van der Waals surface area contributed by atoms with Crippen molar-refractivity contribution < 1.29 is 22.3 Å². The van der Waals surface area contributed by atoms with Gasteiger partial charge in [-0.2, -0.15) is 0 Å². The van der Waals surface area contributed by atoms with Gasteiger partial charge in [0.2, 0.25) is 10.0 Å². The molecule has 0 amide bonds. The Morgan fingerprint density at radius 1 is 1.26 bits per heavy atom. The van der Waals surface area contributed by atoms with Gasteiger partial charge in [-0.25, -0.2) is 17.5 Å². The van der Waals surface area contributed by atoms with E-state index in [1.165, 1.54) is 24.5 Å². The summed E-state index contributed by atoms with van der Waals surface area (Å²) in [6, 6.07) is 8.10. The number of furan rings is 1. The number of rotatable bonds is 5. The zero-order valence-corrected chi connectivity index (χ0v) is 10.6. The Bertz CT molecular complexity index is 640. The number of benzene rings is 1. The minimum Gasteiger partial charge on any atom is -0.467 e. The second kappa shape index (κ2) is 5.52. The molecule has 1 unspecified atom stereocenters. The van der Waals surface area contributed by atoms with Gasteiger partial charge in [0.25, 0.3) is 0 Å². The fourth-order valence-electron chi connectivity index (χ4n) is 1.51. The molecule has 0 aliphatic rings. The van der Waals surface area contributed by atoms with Gasteiger partial charge in [0.1, 0.15) is 22.6 Å². The molecule has 19 heavy (non-hydrogen) atoms. The highest BCUT2D eigenvalue weighted by atomic mass is 32.2. The van der Waals surface area contributed by atoms with Crippen LogP contribution in [0.15, 0.2) is 52.0 Å². The van der Waals surface area contributed by atoms with Gasteiger partial charge < -0.3 is 9.52 Å². The van der Waals surface area contributed by atoms with Crippen LogP contribution in [0.4, 0.5) is 4.39 Å². The fraction of sp³-hybridized carbons (Fsp3) is 0.167. The molecule has 0 spiro atoms. The number of aliphatic hydroxyl groups excluding tert-OH is 1. The van der Waals surface area contributed by atoms with Gasteiger partial charge >= 0.3 is 0 Å². The molecule has 0 saturated heterocycles. The van der Waals surface area contributed by atoms with E-state index in [4.69, 9.17) is 4.42 Å². The average Bonchev–Trinajstić information content (AvgIpc) is 2.90. The zero-order valence-electron chi connectivity index (χ0n) is 9.78. The highest BCUT2D eigenvalue weighted by Crippen LogP contribution is 2.16. The molecule has 5 nitrogen and oxygen atoms in total. The van der Waals surface area contributed by atoms with Crippen molar-refractivity contribution in [1.29, 1.82) is 0 Å². The molecule has 1 aromatic carbocycles. The first-order valence-corrected chi connectivity index (χ1v) is 6.94. The normalized spacial score (nSPS) is 13.4. The highest BCUT2D eigenvalue weighted by Gasteiger charge is 2.20. The Hall–Kier alpha value is -1.70. The molecule has 2 N–H and O–H groups in total. The minimum atomic E-state index is -4.00. The Labute approximate surface area is 109 Å². The van der Waals surface area contributed by atoms with E-state index in [1.54, 1.807) is 6.07 Å². The van der Waals surface area contributed by atoms with E-state index >= 15 is 0 Å². The van der Waals surface area contributed by atoms with Crippen LogP contribution < -0.4 is 4.72 Å². The standard InChI is InChI=1S/C12H12FNO4S/c13-9-4-1-2-6-12(9)19(16,17)14-8-10(15)11-5-3-7-18-11/h1-7,10,14-15H,8H2. The average molecular weight is 285 g/mol. The first-order chi connectivity index (χ1) is 9.00. The van der Waals surface area contributed by atoms with Crippen molar-refractivity contribution in [1.82, 2.24) is 4.72 Å². The summed E-state index contributed by atoms with van der Waals surface area (Å²) < 4.78 is 44.1. The van der Waals surface area contributed by atoms with Crippen LogP contribution in [0.3, 0.4) is 0 Å². The molecule has 0 bridgehead atoms. The maximum Gasteiger partial charge on any atom is 0.243 e. The van der Waals surface area contributed by atoms with E-state index in [0.29, 0.717) is 0 Å². The molecule has 0 radical (unpaired) electrons. The molecule has 1 aromatic heterocycles. The number of aliphatic hydroxyl groups is 1. The Morgan fingerprint density at radius 2 is 2.00 bits per heavy atom. The molecular formula is C12H12FNO4S. The van der Waals surface area contributed by atoms with Crippen LogP contribution in [-0.4, -0.2) is 20.1 Å². The number of halogens is 1. The monoisotopic (exact) mass is 285 g/mol. The summed E-state index contributed by atoms with van der Waals surface area (Å²) in [6.07, 6.45) is 0.237. The summed E-state index contributed by atoms with van der Waals surface area (Å²) in [7, 11) is -4.00. The van der Waals surface area contributed by atoms with E-state index in [1.807, 2.05) is 0 Å². The molecule has 102 valence electrons. The number of hydrogen-bond donors (Lipinski definition) is 2. The lowest BCUT2D eigenvalue weighted by Crippen LogP contribution is -2.29. The second-order valence-corrected chi connectivity index (χ2v) is 5.55. The van der Waals surface area contributed by atoms with E-state index < -0.39 is 26.8 Å². The molecule has 0 saturated carbocycles. The van der Waals surface area contributed by atoms with Crippen molar-refractivity contribution in [3.63, 3.8) is 0 Å². The van der Waals surface area contributed by atoms with E-state index in [2.05, 4.69) is 4.72 Å². The lowest BCUT2D eigenvalue weighted by molar-refractivity contribution is 0.154. The van der Waals surface area contributed by atoms with Crippen molar-refractivity contribution in [3.8, 4) is 0 Å². The smallest absolute Gasteiger partial charge is 0.243 e. The van der Waals surface area contributed by atoms with Crippen LogP contribution in [0.25, 0.3) is 0 Å². The second-order valence-electron chi connectivity index (χ2n) is 3.81. The summed E-state index contributed by atoms with van der Waals surface area (Å²) in [4.78, 5) is -0.457. The number of hydrogen-bond acceptors (Lipinski definition) is 4. The van der Waals surface area contributed by atoms with Gasteiger partial charge in [0.05, 0.1) is 6.26 Å². The predicted molar refractivity (Wildman–Crippen MR) is 65.3 cm³/mol. The summed E-state index contributed by atoms with van der Waals surface area (Å²) in [5.74, 6) is -0.612. The van der Waals surface area contributed by atoms with E-state index in [-0.39, 0.29) is 12.3 Å². The number of nitrogens with one attached hydrogen (secondary N) is 1. The number of sulfonamides is 1. The molecule has 1 heterocycles. The minimum absolute atomic E-state index is 0.233.